The van der Waals surface area contributed by atoms with Crippen molar-refractivity contribution in [2.45, 2.75) is 23.9 Å². The van der Waals surface area contributed by atoms with Gasteiger partial charge in [-0.25, -0.2) is 0 Å². The second kappa shape index (κ2) is 7.72. The first-order valence-corrected chi connectivity index (χ1v) is 9.33. The average Bonchev–Trinajstić information content (AvgIpc) is 2.61. The van der Waals surface area contributed by atoms with E-state index in [0.717, 1.165) is 21.7 Å². The summed E-state index contributed by atoms with van der Waals surface area (Å²) in [5.41, 5.74) is 8.56. The van der Waals surface area contributed by atoms with Crippen molar-refractivity contribution in [2.75, 3.05) is 18.1 Å². The Morgan fingerprint density at radius 3 is 2.48 bits per heavy atom. The molecular weight excluding hydrogens is 334 g/mol. The van der Waals surface area contributed by atoms with E-state index < -0.39 is 11.9 Å². The Kier molecular flexibility index (Phi) is 5.40. The highest BCUT2D eigenvalue weighted by molar-refractivity contribution is 7.98. The molecular formula is C19H21N3O2S. The van der Waals surface area contributed by atoms with Gasteiger partial charge in [-0.05, 0) is 48.1 Å². The van der Waals surface area contributed by atoms with E-state index in [4.69, 9.17) is 5.73 Å². The first-order chi connectivity index (χ1) is 12.1. The van der Waals surface area contributed by atoms with Crippen LogP contribution in [-0.4, -0.2) is 35.6 Å². The average molecular weight is 355 g/mol. The number of anilines is 1. The van der Waals surface area contributed by atoms with Crippen molar-refractivity contribution in [3.05, 3.63) is 59.7 Å². The van der Waals surface area contributed by atoms with Crippen LogP contribution in [0.4, 0.5) is 5.69 Å². The lowest BCUT2D eigenvalue weighted by atomic mass is 9.93. The van der Waals surface area contributed by atoms with Crippen LogP contribution in [0.15, 0.2) is 53.4 Å². The molecule has 25 heavy (non-hydrogen) atoms. The second-order valence-corrected chi connectivity index (χ2v) is 6.95. The quantitative estimate of drug-likeness (QED) is 0.807. The molecule has 6 heteroatoms. The lowest BCUT2D eigenvalue weighted by Gasteiger charge is -2.34. The number of nitrogens with zero attached hydrogens (tertiary/aromatic N) is 1. The maximum atomic E-state index is 12.4. The lowest BCUT2D eigenvalue weighted by Crippen LogP contribution is -2.50. The zero-order chi connectivity index (χ0) is 17.8. The summed E-state index contributed by atoms with van der Waals surface area (Å²) < 4.78 is 0. The molecule has 0 bridgehead atoms. The van der Waals surface area contributed by atoms with Gasteiger partial charge in [-0.2, -0.15) is 0 Å². The maximum absolute atomic E-state index is 12.4. The van der Waals surface area contributed by atoms with Gasteiger partial charge in [-0.15, -0.1) is 11.8 Å². The molecule has 0 unspecified atom stereocenters. The monoisotopic (exact) mass is 355 g/mol. The van der Waals surface area contributed by atoms with Crippen molar-refractivity contribution in [1.29, 1.82) is 0 Å². The standard InChI is InChI=1S/C19H21N3O2S/c1-25-16-8-6-15(7-9-16)21-18(23)12-22-11-14-5-3-2-4-13(14)10-17(22)19(20)24/h2-9,17H,10-12H2,1H3,(H2,20,24)(H,21,23)/t17-/m1/s1. The van der Waals surface area contributed by atoms with Crippen LogP contribution >= 0.6 is 11.8 Å². The van der Waals surface area contributed by atoms with Crippen molar-refractivity contribution in [1.82, 2.24) is 4.90 Å². The van der Waals surface area contributed by atoms with Crippen molar-refractivity contribution in [2.24, 2.45) is 5.73 Å². The maximum Gasteiger partial charge on any atom is 0.238 e. The molecule has 0 aliphatic carbocycles. The number of primary amides is 1. The number of hydrogen-bond donors (Lipinski definition) is 2. The minimum Gasteiger partial charge on any atom is -0.368 e. The van der Waals surface area contributed by atoms with Gasteiger partial charge in [0.15, 0.2) is 0 Å². The minimum atomic E-state index is -0.459. The van der Waals surface area contributed by atoms with E-state index in [9.17, 15) is 9.59 Å². The lowest BCUT2D eigenvalue weighted by molar-refractivity contribution is -0.125. The highest BCUT2D eigenvalue weighted by Crippen LogP contribution is 2.23. The molecule has 0 saturated heterocycles. The number of rotatable bonds is 5. The molecule has 3 N–H and O–H groups in total. The van der Waals surface area contributed by atoms with E-state index in [2.05, 4.69) is 5.32 Å². The van der Waals surface area contributed by atoms with Crippen LogP contribution in [0.2, 0.25) is 0 Å². The number of thioether (sulfide) groups is 1. The van der Waals surface area contributed by atoms with Crippen molar-refractivity contribution in [3.8, 4) is 0 Å². The van der Waals surface area contributed by atoms with Gasteiger partial charge in [0.2, 0.25) is 11.8 Å². The zero-order valence-corrected chi connectivity index (χ0v) is 14.9. The molecule has 0 spiro atoms. The summed E-state index contributed by atoms with van der Waals surface area (Å²) in [4.78, 5) is 27.2. The number of carbonyl (C=O) groups excluding carboxylic acids is 2. The van der Waals surface area contributed by atoms with Crippen LogP contribution in [0.1, 0.15) is 11.1 Å². The van der Waals surface area contributed by atoms with E-state index in [1.54, 1.807) is 11.8 Å². The summed E-state index contributed by atoms with van der Waals surface area (Å²) in [6.07, 6.45) is 2.55. The topological polar surface area (TPSA) is 75.4 Å². The largest absolute Gasteiger partial charge is 0.368 e. The molecule has 1 aliphatic rings. The van der Waals surface area contributed by atoms with Gasteiger partial charge in [-0.1, -0.05) is 24.3 Å². The van der Waals surface area contributed by atoms with Crippen molar-refractivity contribution in [3.63, 3.8) is 0 Å². The Balaban J connectivity index is 1.69. The van der Waals surface area contributed by atoms with E-state index in [-0.39, 0.29) is 12.5 Å². The van der Waals surface area contributed by atoms with E-state index in [0.29, 0.717) is 13.0 Å². The van der Waals surface area contributed by atoms with Gasteiger partial charge >= 0.3 is 0 Å². The molecule has 3 rings (SSSR count). The van der Waals surface area contributed by atoms with Crippen LogP contribution in [0.3, 0.4) is 0 Å². The van der Waals surface area contributed by atoms with E-state index in [1.165, 1.54) is 0 Å². The van der Waals surface area contributed by atoms with E-state index in [1.807, 2.05) is 59.7 Å². The highest BCUT2D eigenvalue weighted by atomic mass is 32.2. The molecule has 1 heterocycles. The summed E-state index contributed by atoms with van der Waals surface area (Å²) in [5, 5.41) is 2.88. The number of nitrogens with one attached hydrogen (secondary N) is 1. The number of hydrogen-bond acceptors (Lipinski definition) is 4. The van der Waals surface area contributed by atoms with Gasteiger partial charge in [-0.3, -0.25) is 14.5 Å². The Hall–Kier alpha value is -2.31. The summed E-state index contributed by atoms with van der Waals surface area (Å²) >= 11 is 1.65. The number of amides is 2. The van der Waals surface area contributed by atoms with Crippen LogP contribution in [0.5, 0.6) is 0 Å². The SMILES string of the molecule is CSc1ccc(NC(=O)CN2Cc3ccccc3C[C@@H]2C(N)=O)cc1. The summed E-state index contributed by atoms with van der Waals surface area (Å²) in [6.45, 7) is 0.675. The molecule has 1 aliphatic heterocycles. The predicted octanol–water partition coefficient (Wildman–Crippen LogP) is 2.26. The van der Waals surface area contributed by atoms with Crippen molar-refractivity contribution < 1.29 is 9.59 Å². The highest BCUT2D eigenvalue weighted by Gasteiger charge is 2.31. The molecule has 0 fully saturated rings. The normalized spacial score (nSPS) is 16.9. The molecule has 2 amide bonds. The third-order valence-electron chi connectivity index (χ3n) is 4.39. The second-order valence-electron chi connectivity index (χ2n) is 6.07. The van der Waals surface area contributed by atoms with Crippen LogP contribution in [-0.2, 0) is 22.6 Å². The first-order valence-electron chi connectivity index (χ1n) is 8.11. The molecule has 0 radical (unpaired) electrons. The van der Waals surface area contributed by atoms with E-state index >= 15 is 0 Å². The molecule has 130 valence electrons. The summed E-state index contributed by atoms with van der Waals surface area (Å²) in [7, 11) is 0. The molecule has 0 aromatic heterocycles. The molecule has 5 nitrogen and oxygen atoms in total. The zero-order valence-electron chi connectivity index (χ0n) is 14.1. The Morgan fingerprint density at radius 1 is 1.16 bits per heavy atom. The minimum absolute atomic E-state index is 0.131. The third-order valence-corrected chi connectivity index (χ3v) is 5.14. The van der Waals surface area contributed by atoms with Crippen LogP contribution in [0.25, 0.3) is 0 Å². The van der Waals surface area contributed by atoms with Crippen LogP contribution < -0.4 is 11.1 Å². The predicted molar refractivity (Wildman–Crippen MR) is 100 cm³/mol. The molecule has 1 atom stereocenters. The Labute approximate surface area is 151 Å². The number of nitrogens with two attached hydrogens (primary N) is 1. The number of carbonyl (C=O) groups is 2. The molecule has 0 saturated carbocycles. The van der Waals surface area contributed by atoms with Crippen molar-refractivity contribution >= 4 is 29.3 Å². The van der Waals surface area contributed by atoms with Gasteiger partial charge in [0.1, 0.15) is 0 Å². The summed E-state index contributed by atoms with van der Waals surface area (Å²) in [6, 6.07) is 15.2. The van der Waals surface area contributed by atoms with Crippen LogP contribution in [0, 0.1) is 0 Å². The van der Waals surface area contributed by atoms with Gasteiger partial charge in [0, 0.05) is 17.1 Å². The Morgan fingerprint density at radius 2 is 1.84 bits per heavy atom. The fraction of sp³-hybridized carbons (Fsp3) is 0.263. The molecule has 2 aromatic rings. The Bertz CT molecular complexity index is 776. The fourth-order valence-electron chi connectivity index (χ4n) is 3.08. The third kappa shape index (κ3) is 4.21. The van der Waals surface area contributed by atoms with Gasteiger partial charge in [0.05, 0.1) is 12.6 Å². The summed E-state index contributed by atoms with van der Waals surface area (Å²) in [5.74, 6) is -0.547. The number of benzene rings is 2. The fourth-order valence-corrected chi connectivity index (χ4v) is 3.49. The molecule has 2 aromatic carbocycles. The smallest absolute Gasteiger partial charge is 0.238 e. The van der Waals surface area contributed by atoms with Gasteiger partial charge < -0.3 is 11.1 Å². The first kappa shape index (κ1) is 17.5. The number of fused-ring (bicyclic) bond motifs is 1. The van der Waals surface area contributed by atoms with Gasteiger partial charge in [0.25, 0.3) is 0 Å².